The molecule has 2 rings (SSSR count). The molecule has 0 aliphatic heterocycles. The Hall–Kier alpha value is -1.58. The Morgan fingerprint density at radius 1 is 1.47 bits per heavy atom. The van der Waals surface area contributed by atoms with E-state index in [0.29, 0.717) is 12.3 Å². The SMILES string of the molecule is Bc1cc(C)cnc1NC1=CC(=O)CC(C)C1. The molecule has 0 aromatic carbocycles. The Bertz CT molecular complexity index is 482. The first-order valence-corrected chi connectivity index (χ1v) is 5.98. The van der Waals surface area contributed by atoms with E-state index in [4.69, 9.17) is 0 Å². The van der Waals surface area contributed by atoms with Gasteiger partial charge in [0.25, 0.3) is 0 Å². The summed E-state index contributed by atoms with van der Waals surface area (Å²) in [4.78, 5) is 15.8. The van der Waals surface area contributed by atoms with Crippen LogP contribution in [-0.4, -0.2) is 18.6 Å². The average molecular weight is 228 g/mol. The molecular weight excluding hydrogens is 211 g/mol. The van der Waals surface area contributed by atoms with E-state index in [2.05, 4.69) is 23.3 Å². The summed E-state index contributed by atoms with van der Waals surface area (Å²) in [7, 11) is 2.02. The van der Waals surface area contributed by atoms with Crippen molar-refractivity contribution in [1.29, 1.82) is 0 Å². The number of aryl methyl sites for hydroxylation is 1. The second-order valence-electron chi connectivity index (χ2n) is 4.95. The first-order chi connectivity index (χ1) is 8.04. The van der Waals surface area contributed by atoms with Gasteiger partial charge in [0.2, 0.25) is 0 Å². The summed E-state index contributed by atoms with van der Waals surface area (Å²) in [6, 6.07) is 2.09. The van der Waals surface area contributed by atoms with Crippen molar-refractivity contribution in [2.24, 2.45) is 5.92 Å². The second-order valence-corrected chi connectivity index (χ2v) is 4.95. The summed E-state index contributed by atoms with van der Waals surface area (Å²) in [5.74, 6) is 1.47. The van der Waals surface area contributed by atoms with Crippen LogP contribution in [0, 0.1) is 12.8 Å². The van der Waals surface area contributed by atoms with E-state index in [-0.39, 0.29) is 5.78 Å². The highest BCUT2D eigenvalue weighted by molar-refractivity contribution is 6.35. The molecule has 1 unspecified atom stereocenters. The minimum atomic E-state index is 0.205. The molecule has 3 nitrogen and oxygen atoms in total. The molecule has 1 N–H and O–H groups in total. The topological polar surface area (TPSA) is 42.0 Å². The number of pyridine rings is 1. The van der Waals surface area contributed by atoms with E-state index >= 15 is 0 Å². The summed E-state index contributed by atoms with van der Waals surface area (Å²) in [6.07, 6.45) is 5.12. The molecule has 1 aromatic heterocycles. The van der Waals surface area contributed by atoms with Crippen molar-refractivity contribution in [2.45, 2.75) is 26.7 Å². The van der Waals surface area contributed by atoms with Gasteiger partial charge in [-0.05, 0) is 30.3 Å². The second kappa shape index (κ2) is 4.74. The largest absolute Gasteiger partial charge is 0.344 e. The number of anilines is 1. The maximum Gasteiger partial charge on any atom is 0.157 e. The maximum atomic E-state index is 11.5. The molecule has 0 saturated carbocycles. The zero-order valence-electron chi connectivity index (χ0n) is 10.6. The van der Waals surface area contributed by atoms with Gasteiger partial charge in [0.05, 0.1) is 0 Å². The van der Waals surface area contributed by atoms with Gasteiger partial charge >= 0.3 is 0 Å². The van der Waals surface area contributed by atoms with Crippen LogP contribution in [0.25, 0.3) is 0 Å². The average Bonchev–Trinajstić information content (AvgIpc) is 2.21. The Balaban J connectivity index is 2.18. The monoisotopic (exact) mass is 228 g/mol. The van der Waals surface area contributed by atoms with E-state index in [1.54, 1.807) is 6.08 Å². The lowest BCUT2D eigenvalue weighted by Gasteiger charge is -2.20. The molecule has 17 heavy (non-hydrogen) atoms. The van der Waals surface area contributed by atoms with Gasteiger partial charge in [0.15, 0.2) is 5.78 Å². The summed E-state index contributed by atoms with van der Waals surface area (Å²) < 4.78 is 0. The van der Waals surface area contributed by atoms with Crippen molar-refractivity contribution in [3.8, 4) is 0 Å². The molecule has 0 amide bonds. The minimum absolute atomic E-state index is 0.205. The van der Waals surface area contributed by atoms with Crippen LogP contribution in [0.1, 0.15) is 25.3 Å². The molecular formula is C13H17BN2O. The van der Waals surface area contributed by atoms with E-state index < -0.39 is 0 Å². The predicted octanol–water partition coefficient (Wildman–Crippen LogP) is 0.943. The van der Waals surface area contributed by atoms with Gasteiger partial charge in [-0.3, -0.25) is 4.79 Å². The van der Waals surface area contributed by atoms with Gasteiger partial charge in [-0.15, -0.1) is 0 Å². The third-order valence-electron chi connectivity index (χ3n) is 2.95. The maximum absolute atomic E-state index is 11.5. The van der Waals surface area contributed by atoms with Crippen molar-refractivity contribution in [3.63, 3.8) is 0 Å². The third kappa shape index (κ3) is 2.96. The molecule has 0 saturated heterocycles. The first-order valence-electron chi connectivity index (χ1n) is 5.98. The predicted molar refractivity (Wildman–Crippen MR) is 72.3 cm³/mol. The van der Waals surface area contributed by atoms with Crippen molar-refractivity contribution < 1.29 is 4.79 Å². The lowest BCUT2D eigenvalue weighted by atomic mass is 9.92. The van der Waals surface area contributed by atoms with Crippen molar-refractivity contribution in [1.82, 2.24) is 4.98 Å². The molecule has 0 spiro atoms. The molecule has 1 aliphatic carbocycles. The van der Waals surface area contributed by atoms with Crippen LogP contribution in [0.3, 0.4) is 0 Å². The van der Waals surface area contributed by atoms with Gasteiger partial charge in [0, 0.05) is 24.4 Å². The molecule has 0 radical (unpaired) electrons. The highest BCUT2D eigenvalue weighted by atomic mass is 16.1. The number of hydrogen-bond acceptors (Lipinski definition) is 3. The number of nitrogens with zero attached hydrogens (tertiary/aromatic N) is 1. The number of aromatic nitrogens is 1. The van der Waals surface area contributed by atoms with Crippen LogP contribution in [0.15, 0.2) is 24.0 Å². The number of rotatable bonds is 2. The lowest BCUT2D eigenvalue weighted by Crippen LogP contribution is -2.20. The quantitative estimate of drug-likeness (QED) is 0.766. The molecule has 1 aliphatic rings. The van der Waals surface area contributed by atoms with Crippen LogP contribution >= 0.6 is 0 Å². The van der Waals surface area contributed by atoms with Crippen molar-refractivity contribution in [3.05, 3.63) is 29.6 Å². The molecule has 1 heterocycles. The van der Waals surface area contributed by atoms with Crippen molar-refractivity contribution >= 4 is 24.9 Å². The van der Waals surface area contributed by atoms with E-state index in [0.717, 1.165) is 29.0 Å². The van der Waals surface area contributed by atoms with Crippen LogP contribution in [0.5, 0.6) is 0 Å². The standard InChI is InChI=1S/C13H17BN2O/c1-8-3-10(6-11(17)4-8)16-13-12(14)5-9(2)7-15-13/h5-8H,3-4,14H2,1-2H3,(H,15,16). The van der Waals surface area contributed by atoms with Gasteiger partial charge < -0.3 is 5.32 Å². The van der Waals surface area contributed by atoms with Gasteiger partial charge in [0.1, 0.15) is 13.7 Å². The number of carbonyl (C=O) groups is 1. The fraction of sp³-hybridized carbons (Fsp3) is 0.385. The van der Waals surface area contributed by atoms with E-state index in [1.807, 2.05) is 21.0 Å². The molecule has 0 bridgehead atoms. The Kier molecular flexibility index (Phi) is 3.32. The Morgan fingerprint density at radius 3 is 2.88 bits per heavy atom. The number of hydrogen-bond donors (Lipinski definition) is 1. The highest BCUT2D eigenvalue weighted by Crippen LogP contribution is 2.21. The zero-order chi connectivity index (χ0) is 12.4. The highest BCUT2D eigenvalue weighted by Gasteiger charge is 2.17. The Morgan fingerprint density at radius 2 is 2.24 bits per heavy atom. The van der Waals surface area contributed by atoms with Crippen LogP contribution < -0.4 is 10.8 Å². The fourth-order valence-corrected chi connectivity index (χ4v) is 2.19. The van der Waals surface area contributed by atoms with Crippen LogP contribution in [0.2, 0.25) is 0 Å². The lowest BCUT2D eigenvalue weighted by molar-refractivity contribution is -0.115. The molecule has 4 heteroatoms. The smallest absolute Gasteiger partial charge is 0.157 e. The molecule has 0 fully saturated rings. The number of carbonyl (C=O) groups excluding carboxylic acids is 1. The number of ketones is 1. The summed E-state index contributed by atoms with van der Waals surface area (Å²) in [5.41, 5.74) is 3.24. The van der Waals surface area contributed by atoms with Gasteiger partial charge in [-0.2, -0.15) is 0 Å². The first kappa shape index (κ1) is 11.9. The number of nitrogens with one attached hydrogen (secondary N) is 1. The molecule has 1 aromatic rings. The number of allylic oxidation sites excluding steroid dienone is 2. The Labute approximate surface area is 103 Å². The van der Waals surface area contributed by atoms with Gasteiger partial charge in [-0.25, -0.2) is 4.98 Å². The van der Waals surface area contributed by atoms with Gasteiger partial charge in [-0.1, -0.05) is 13.0 Å². The van der Waals surface area contributed by atoms with Crippen LogP contribution in [0.4, 0.5) is 5.82 Å². The third-order valence-corrected chi connectivity index (χ3v) is 2.95. The summed E-state index contributed by atoms with van der Waals surface area (Å²) >= 11 is 0. The zero-order valence-corrected chi connectivity index (χ0v) is 10.6. The van der Waals surface area contributed by atoms with E-state index in [9.17, 15) is 4.79 Å². The summed E-state index contributed by atoms with van der Waals surface area (Å²) in [6.45, 7) is 4.12. The minimum Gasteiger partial charge on any atom is -0.344 e. The summed E-state index contributed by atoms with van der Waals surface area (Å²) in [5, 5.41) is 3.27. The molecule has 1 atom stereocenters. The fourth-order valence-electron chi connectivity index (χ4n) is 2.19. The van der Waals surface area contributed by atoms with Crippen molar-refractivity contribution in [2.75, 3.05) is 5.32 Å². The molecule has 88 valence electrons. The van der Waals surface area contributed by atoms with E-state index in [1.165, 1.54) is 0 Å². The van der Waals surface area contributed by atoms with Crippen LogP contribution in [-0.2, 0) is 4.79 Å². The normalized spacial score (nSPS) is 20.0.